The fourth-order valence-corrected chi connectivity index (χ4v) is 2.73. The predicted molar refractivity (Wildman–Crippen MR) is 74.9 cm³/mol. The maximum atomic E-state index is 5.77. The van der Waals surface area contributed by atoms with E-state index < -0.39 is 0 Å². The molecule has 18 heavy (non-hydrogen) atoms. The van der Waals surface area contributed by atoms with Crippen LogP contribution in [0.2, 0.25) is 0 Å². The quantitative estimate of drug-likeness (QED) is 0.581. The van der Waals surface area contributed by atoms with Crippen molar-refractivity contribution < 1.29 is 4.74 Å². The highest BCUT2D eigenvalue weighted by Gasteiger charge is 2.37. The Hall–Kier alpha value is -0.770. The molecule has 0 spiro atoms. The molecule has 0 bridgehead atoms. The molecule has 1 saturated heterocycles. The maximum absolute atomic E-state index is 5.77. The molecule has 1 heterocycles. The van der Waals surface area contributed by atoms with Crippen molar-refractivity contribution in [1.82, 2.24) is 10.6 Å². The molecular formula is C14H27N3O. The van der Waals surface area contributed by atoms with E-state index in [9.17, 15) is 0 Å². The van der Waals surface area contributed by atoms with Crippen molar-refractivity contribution in [3.8, 4) is 0 Å². The third kappa shape index (κ3) is 3.61. The molecule has 104 valence electrons. The first-order valence-electron chi connectivity index (χ1n) is 7.28. The second-order valence-electron chi connectivity index (χ2n) is 5.86. The molecule has 3 atom stereocenters. The number of rotatable bonds is 5. The Morgan fingerprint density at radius 3 is 2.94 bits per heavy atom. The van der Waals surface area contributed by atoms with Gasteiger partial charge in [-0.05, 0) is 38.5 Å². The number of hydrogen-bond donors (Lipinski definition) is 2. The summed E-state index contributed by atoms with van der Waals surface area (Å²) in [5.74, 6) is 1.78. The van der Waals surface area contributed by atoms with E-state index in [0.717, 1.165) is 31.4 Å². The van der Waals surface area contributed by atoms with Gasteiger partial charge in [0.1, 0.15) is 0 Å². The Morgan fingerprint density at radius 2 is 2.33 bits per heavy atom. The van der Waals surface area contributed by atoms with Gasteiger partial charge < -0.3 is 15.4 Å². The molecule has 0 radical (unpaired) electrons. The largest absolute Gasteiger partial charge is 0.373 e. The lowest BCUT2D eigenvalue weighted by Crippen LogP contribution is -2.46. The summed E-state index contributed by atoms with van der Waals surface area (Å²) in [5, 5.41) is 6.90. The number of guanidine groups is 1. The molecule has 4 heteroatoms. The van der Waals surface area contributed by atoms with Gasteiger partial charge in [0.15, 0.2) is 5.96 Å². The van der Waals surface area contributed by atoms with Crippen molar-refractivity contribution in [1.29, 1.82) is 0 Å². The van der Waals surface area contributed by atoms with Crippen LogP contribution in [0, 0.1) is 5.92 Å². The monoisotopic (exact) mass is 253 g/mol. The molecular weight excluding hydrogens is 226 g/mol. The zero-order valence-corrected chi connectivity index (χ0v) is 12.0. The normalized spacial score (nSPS) is 35.6. The number of hydrogen-bond acceptors (Lipinski definition) is 2. The van der Waals surface area contributed by atoms with Gasteiger partial charge in [-0.2, -0.15) is 0 Å². The molecule has 2 fully saturated rings. The van der Waals surface area contributed by atoms with E-state index in [2.05, 4.69) is 29.5 Å². The van der Waals surface area contributed by atoms with E-state index in [1.165, 1.54) is 25.7 Å². The fraction of sp³-hybridized carbons (Fsp3) is 0.929. The summed E-state index contributed by atoms with van der Waals surface area (Å²) < 4.78 is 5.77. The lowest BCUT2D eigenvalue weighted by Gasteiger charge is -2.24. The lowest BCUT2D eigenvalue weighted by atomic mass is 10.0. The first-order chi connectivity index (χ1) is 8.67. The van der Waals surface area contributed by atoms with E-state index in [4.69, 9.17) is 4.74 Å². The topological polar surface area (TPSA) is 45.7 Å². The Balaban J connectivity index is 1.70. The minimum absolute atomic E-state index is 0.00993. The molecule has 0 aromatic heterocycles. The van der Waals surface area contributed by atoms with Crippen LogP contribution in [0.3, 0.4) is 0 Å². The molecule has 4 nitrogen and oxygen atoms in total. The zero-order chi connectivity index (χ0) is 13.0. The van der Waals surface area contributed by atoms with Gasteiger partial charge in [0.25, 0.3) is 0 Å². The van der Waals surface area contributed by atoms with Gasteiger partial charge in [-0.3, -0.25) is 4.99 Å². The van der Waals surface area contributed by atoms with Crippen LogP contribution in [0.5, 0.6) is 0 Å². The van der Waals surface area contributed by atoms with Crippen LogP contribution >= 0.6 is 0 Å². The molecule has 0 aromatic carbocycles. The predicted octanol–water partition coefficient (Wildman–Crippen LogP) is 1.91. The van der Waals surface area contributed by atoms with Crippen LogP contribution in [0.1, 0.15) is 46.0 Å². The minimum atomic E-state index is -0.00993. The van der Waals surface area contributed by atoms with Gasteiger partial charge in [-0.15, -0.1) is 0 Å². The van der Waals surface area contributed by atoms with Crippen molar-refractivity contribution in [2.24, 2.45) is 10.9 Å². The summed E-state index contributed by atoms with van der Waals surface area (Å²) in [5.41, 5.74) is -0.00993. The van der Waals surface area contributed by atoms with Gasteiger partial charge in [0.2, 0.25) is 0 Å². The maximum Gasteiger partial charge on any atom is 0.191 e. The summed E-state index contributed by atoms with van der Waals surface area (Å²) in [6.45, 7) is 6.17. The van der Waals surface area contributed by atoms with Crippen LogP contribution in [0.25, 0.3) is 0 Å². The Morgan fingerprint density at radius 1 is 1.50 bits per heavy atom. The molecule has 1 aliphatic heterocycles. The second-order valence-corrected chi connectivity index (χ2v) is 5.86. The van der Waals surface area contributed by atoms with E-state index >= 15 is 0 Å². The molecule has 2 aliphatic rings. The third-order valence-corrected chi connectivity index (χ3v) is 4.06. The van der Waals surface area contributed by atoms with E-state index in [1.54, 1.807) is 0 Å². The van der Waals surface area contributed by atoms with Gasteiger partial charge in [0.05, 0.1) is 5.60 Å². The number of nitrogens with one attached hydrogen (secondary N) is 2. The highest BCUT2D eigenvalue weighted by Crippen LogP contribution is 2.34. The molecule has 1 aliphatic carbocycles. The summed E-state index contributed by atoms with van der Waals surface area (Å²) in [7, 11) is 1.84. The van der Waals surface area contributed by atoms with Crippen molar-refractivity contribution >= 4 is 5.96 Å². The summed E-state index contributed by atoms with van der Waals surface area (Å²) in [6, 6.07) is 0.633. The fourth-order valence-electron chi connectivity index (χ4n) is 2.73. The molecule has 0 amide bonds. The van der Waals surface area contributed by atoms with Crippen LogP contribution in [0.15, 0.2) is 4.99 Å². The number of ether oxygens (including phenoxy) is 1. The summed E-state index contributed by atoms with van der Waals surface area (Å²) >= 11 is 0. The third-order valence-electron chi connectivity index (χ3n) is 4.06. The van der Waals surface area contributed by atoms with Crippen molar-refractivity contribution in [3.63, 3.8) is 0 Å². The average Bonchev–Trinajstić information content (AvgIpc) is 2.94. The SMILES string of the molecule is CCCC1CC1NC(=NC)NCC1(C)CCCO1. The Labute approximate surface area is 111 Å². The molecule has 2 N–H and O–H groups in total. The first kappa shape index (κ1) is 13.7. The van der Waals surface area contributed by atoms with Crippen molar-refractivity contribution in [3.05, 3.63) is 0 Å². The van der Waals surface area contributed by atoms with Crippen LogP contribution in [-0.2, 0) is 4.74 Å². The van der Waals surface area contributed by atoms with E-state index in [0.29, 0.717) is 6.04 Å². The van der Waals surface area contributed by atoms with Gasteiger partial charge in [-0.1, -0.05) is 13.3 Å². The zero-order valence-electron chi connectivity index (χ0n) is 12.0. The smallest absolute Gasteiger partial charge is 0.191 e. The highest BCUT2D eigenvalue weighted by molar-refractivity contribution is 5.80. The molecule has 2 rings (SSSR count). The minimum Gasteiger partial charge on any atom is -0.373 e. The van der Waals surface area contributed by atoms with Gasteiger partial charge in [0, 0.05) is 26.2 Å². The van der Waals surface area contributed by atoms with Gasteiger partial charge in [-0.25, -0.2) is 0 Å². The van der Waals surface area contributed by atoms with Crippen LogP contribution < -0.4 is 10.6 Å². The van der Waals surface area contributed by atoms with Crippen LogP contribution in [0.4, 0.5) is 0 Å². The van der Waals surface area contributed by atoms with E-state index in [1.807, 2.05) is 7.05 Å². The molecule has 3 unspecified atom stereocenters. The summed E-state index contributed by atoms with van der Waals surface area (Å²) in [6.07, 6.45) is 6.21. The Kier molecular flexibility index (Phi) is 4.49. The number of aliphatic imine (C=N–C) groups is 1. The first-order valence-corrected chi connectivity index (χ1v) is 7.28. The van der Waals surface area contributed by atoms with Crippen molar-refractivity contribution in [2.75, 3.05) is 20.2 Å². The number of nitrogens with zero attached hydrogens (tertiary/aromatic N) is 1. The molecule has 0 aromatic rings. The lowest BCUT2D eigenvalue weighted by molar-refractivity contribution is 0.0242. The highest BCUT2D eigenvalue weighted by atomic mass is 16.5. The molecule has 1 saturated carbocycles. The van der Waals surface area contributed by atoms with Gasteiger partial charge >= 0.3 is 0 Å². The van der Waals surface area contributed by atoms with Crippen molar-refractivity contribution in [2.45, 2.75) is 57.6 Å². The Bertz CT molecular complexity index is 297. The van der Waals surface area contributed by atoms with Crippen LogP contribution in [-0.4, -0.2) is 37.8 Å². The average molecular weight is 253 g/mol. The van der Waals surface area contributed by atoms with E-state index in [-0.39, 0.29) is 5.60 Å². The standard InChI is InChI=1S/C14H27N3O/c1-4-6-11-9-12(11)17-13(15-3)16-10-14(2)7-5-8-18-14/h11-12H,4-10H2,1-3H3,(H2,15,16,17). The summed E-state index contributed by atoms with van der Waals surface area (Å²) in [4.78, 5) is 4.29. The second kappa shape index (κ2) is 5.91.